The Morgan fingerprint density at radius 3 is 2.36 bits per heavy atom. The van der Waals surface area contributed by atoms with E-state index in [-0.39, 0.29) is 0 Å². The van der Waals surface area contributed by atoms with Gasteiger partial charge in [-0.1, -0.05) is 12.5 Å². The third-order valence-electron chi connectivity index (χ3n) is 1.89. The first kappa shape index (κ1) is 13.5. The van der Waals surface area contributed by atoms with Crippen molar-refractivity contribution in [3.63, 3.8) is 0 Å². The molecule has 4 heteroatoms. The molecule has 0 spiro atoms. The van der Waals surface area contributed by atoms with Gasteiger partial charge in [0.15, 0.2) is 0 Å². The SMILES string of the molecule is C=C(C)CCC(CC(F)(F)F)NCC. The van der Waals surface area contributed by atoms with Crippen LogP contribution in [0.3, 0.4) is 0 Å². The third-order valence-corrected chi connectivity index (χ3v) is 1.89. The lowest BCUT2D eigenvalue weighted by Crippen LogP contribution is -2.33. The van der Waals surface area contributed by atoms with Crippen LogP contribution in [0.5, 0.6) is 0 Å². The van der Waals surface area contributed by atoms with Crippen LogP contribution in [0.1, 0.15) is 33.1 Å². The molecule has 0 aliphatic heterocycles. The highest BCUT2D eigenvalue weighted by molar-refractivity contribution is 4.89. The van der Waals surface area contributed by atoms with Crippen molar-refractivity contribution >= 4 is 0 Å². The van der Waals surface area contributed by atoms with Crippen molar-refractivity contribution in [2.45, 2.75) is 45.3 Å². The molecule has 0 aliphatic rings. The number of hydrogen-bond donors (Lipinski definition) is 1. The van der Waals surface area contributed by atoms with Gasteiger partial charge in [-0.25, -0.2) is 0 Å². The molecule has 0 aromatic heterocycles. The molecule has 1 N–H and O–H groups in total. The van der Waals surface area contributed by atoms with Gasteiger partial charge in [0.2, 0.25) is 0 Å². The van der Waals surface area contributed by atoms with Gasteiger partial charge in [-0.2, -0.15) is 13.2 Å². The lowest BCUT2D eigenvalue weighted by atomic mass is 10.0. The molecule has 84 valence electrons. The fourth-order valence-electron chi connectivity index (χ4n) is 1.26. The Hall–Kier alpha value is -0.510. The average Bonchev–Trinajstić information content (AvgIpc) is 1.98. The van der Waals surface area contributed by atoms with E-state index in [1.54, 1.807) is 0 Å². The molecule has 1 unspecified atom stereocenters. The molecule has 0 aliphatic carbocycles. The second-order valence-corrected chi connectivity index (χ2v) is 3.57. The Kier molecular flexibility index (Phi) is 5.84. The molecule has 0 fully saturated rings. The minimum atomic E-state index is -4.08. The van der Waals surface area contributed by atoms with E-state index in [0.717, 1.165) is 5.57 Å². The first-order valence-corrected chi connectivity index (χ1v) is 4.79. The second kappa shape index (κ2) is 6.06. The average molecular weight is 209 g/mol. The van der Waals surface area contributed by atoms with Crippen molar-refractivity contribution in [3.8, 4) is 0 Å². The summed E-state index contributed by atoms with van der Waals surface area (Å²) in [6, 6.07) is -0.475. The van der Waals surface area contributed by atoms with Gasteiger partial charge in [0, 0.05) is 6.04 Å². The Bertz CT molecular complexity index is 175. The van der Waals surface area contributed by atoms with Crippen molar-refractivity contribution in [3.05, 3.63) is 12.2 Å². The summed E-state index contributed by atoms with van der Waals surface area (Å²) in [5.41, 5.74) is 0.926. The van der Waals surface area contributed by atoms with E-state index in [1.165, 1.54) is 0 Å². The van der Waals surface area contributed by atoms with E-state index >= 15 is 0 Å². The molecule has 1 nitrogen and oxygen atoms in total. The van der Waals surface area contributed by atoms with Gasteiger partial charge in [0.1, 0.15) is 0 Å². The van der Waals surface area contributed by atoms with E-state index in [0.29, 0.717) is 19.4 Å². The van der Waals surface area contributed by atoms with Crippen LogP contribution in [-0.4, -0.2) is 18.8 Å². The summed E-state index contributed by atoms with van der Waals surface area (Å²) in [6.07, 6.45) is -3.69. The van der Waals surface area contributed by atoms with E-state index in [4.69, 9.17) is 0 Å². The molecule has 0 amide bonds. The lowest BCUT2D eigenvalue weighted by molar-refractivity contribution is -0.140. The number of allylic oxidation sites excluding steroid dienone is 1. The highest BCUT2D eigenvalue weighted by Gasteiger charge is 2.31. The van der Waals surface area contributed by atoms with E-state index in [2.05, 4.69) is 11.9 Å². The van der Waals surface area contributed by atoms with Crippen LogP contribution in [0, 0.1) is 0 Å². The summed E-state index contributed by atoms with van der Waals surface area (Å²) >= 11 is 0. The minimum Gasteiger partial charge on any atom is -0.314 e. The van der Waals surface area contributed by atoms with Crippen LogP contribution in [0.25, 0.3) is 0 Å². The maximum absolute atomic E-state index is 12.1. The molecule has 0 bridgehead atoms. The molecule has 0 radical (unpaired) electrons. The van der Waals surface area contributed by atoms with Gasteiger partial charge in [-0.15, -0.1) is 6.58 Å². The molecule has 0 saturated carbocycles. The Morgan fingerprint density at radius 1 is 1.43 bits per heavy atom. The molecular weight excluding hydrogens is 191 g/mol. The maximum atomic E-state index is 12.1. The van der Waals surface area contributed by atoms with Crippen molar-refractivity contribution in [2.24, 2.45) is 0 Å². The van der Waals surface area contributed by atoms with Gasteiger partial charge in [0.05, 0.1) is 6.42 Å². The summed E-state index contributed by atoms with van der Waals surface area (Å²) in [6.45, 7) is 7.88. The molecule has 0 rings (SSSR count). The molecule has 1 atom stereocenters. The predicted molar refractivity (Wildman–Crippen MR) is 52.2 cm³/mol. The molecule has 0 heterocycles. The number of rotatable bonds is 6. The molecule has 14 heavy (non-hydrogen) atoms. The first-order valence-electron chi connectivity index (χ1n) is 4.79. The smallest absolute Gasteiger partial charge is 0.314 e. The number of halogens is 3. The topological polar surface area (TPSA) is 12.0 Å². The highest BCUT2D eigenvalue weighted by atomic mass is 19.4. The summed E-state index contributed by atoms with van der Waals surface area (Å²) in [4.78, 5) is 0. The zero-order chi connectivity index (χ0) is 11.2. The highest BCUT2D eigenvalue weighted by Crippen LogP contribution is 2.23. The molecular formula is C10H18F3N. The van der Waals surface area contributed by atoms with Gasteiger partial charge in [-0.05, 0) is 26.3 Å². The van der Waals surface area contributed by atoms with E-state index in [9.17, 15) is 13.2 Å². The van der Waals surface area contributed by atoms with Gasteiger partial charge in [-0.3, -0.25) is 0 Å². The minimum absolute atomic E-state index is 0.475. The lowest BCUT2D eigenvalue weighted by Gasteiger charge is -2.19. The van der Waals surface area contributed by atoms with Crippen molar-refractivity contribution < 1.29 is 13.2 Å². The van der Waals surface area contributed by atoms with Crippen molar-refractivity contribution in [2.75, 3.05) is 6.54 Å². The van der Waals surface area contributed by atoms with Crippen LogP contribution in [0.2, 0.25) is 0 Å². The van der Waals surface area contributed by atoms with E-state index < -0.39 is 18.6 Å². The second-order valence-electron chi connectivity index (χ2n) is 3.57. The zero-order valence-electron chi connectivity index (χ0n) is 8.75. The molecule has 0 saturated heterocycles. The summed E-state index contributed by atoms with van der Waals surface area (Å²) in [5, 5.41) is 2.83. The number of alkyl halides is 3. The number of hydrogen-bond acceptors (Lipinski definition) is 1. The van der Waals surface area contributed by atoms with Crippen LogP contribution in [0.4, 0.5) is 13.2 Å². The van der Waals surface area contributed by atoms with E-state index in [1.807, 2.05) is 13.8 Å². The molecule has 0 aromatic carbocycles. The first-order chi connectivity index (χ1) is 6.35. The fourth-order valence-corrected chi connectivity index (χ4v) is 1.26. The predicted octanol–water partition coefficient (Wildman–Crippen LogP) is 3.27. The maximum Gasteiger partial charge on any atom is 0.390 e. The largest absolute Gasteiger partial charge is 0.390 e. The summed E-state index contributed by atoms with van der Waals surface area (Å²) < 4.78 is 36.3. The Morgan fingerprint density at radius 2 is 2.00 bits per heavy atom. The van der Waals surface area contributed by atoms with Gasteiger partial charge < -0.3 is 5.32 Å². The third kappa shape index (κ3) is 8.10. The van der Waals surface area contributed by atoms with Crippen LogP contribution >= 0.6 is 0 Å². The standard InChI is InChI=1S/C10H18F3N/c1-4-14-9(6-5-8(2)3)7-10(11,12)13/h9,14H,2,4-7H2,1,3H3. The van der Waals surface area contributed by atoms with Crippen molar-refractivity contribution in [1.29, 1.82) is 0 Å². The Balaban J connectivity index is 3.95. The number of nitrogens with one attached hydrogen (secondary N) is 1. The monoisotopic (exact) mass is 209 g/mol. The summed E-state index contributed by atoms with van der Waals surface area (Å²) in [7, 11) is 0. The van der Waals surface area contributed by atoms with Gasteiger partial charge in [0.25, 0.3) is 0 Å². The van der Waals surface area contributed by atoms with Crippen LogP contribution in [-0.2, 0) is 0 Å². The fraction of sp³-hybridized carbons (Fsp3) is 0.800. The quantitative estimate of drug-likeness (QED) is 0.662. The Labute approximate surface area is 83.4 Å². The zero-order valence-corrected chi connectivity index (χ0v) is 8.75. The van der Waals surface area contributed by atoms with Gasteiger partial charge >= 0.3 is 6.18 Å². The van der Waals surface area contributed by atoms with Crippen LogP contribution < -0.4 is 5.32 Å². The molecule has 0 aromatic rings. The van der Waals surface area contributed by atoms with Crippen LogP contribution in [0.15, 0.2) is 12.2 Å². The van der Waals surface area contributed by atoms with Crippen molar-refractivity contribution in [1.82, 2.24) is 5.32 Å². The summed E-state index contributed by atoms with van der Waals surface area (Å²) in [5.74, 6) is 0. The normalized spacial score (nSPS) is 14.1.